The van der Waals surface area contributed by atoms with Gasteiger partial charge in [0.25, 0.3) is 0 Å². The van der Waals surface area contributed by atoms with Crippen molar-refractivity contribution >= 4 is 28.6 Å². The molecule has 168 valence electrons. The van der Waals surface area contributed by atoms with Crippen LogP contribution < -0.4 is 10.2 Å². The summed E-state index contributed by atoms with van der Waals surface area (Å²) in [6, 6.07) is 8.05. The molecular formula is C24H26N8O. The molecule has 1 amide bonds. The zero-order chi connectivity index (χ0) is 22.7. The van der Waals surface area contributed by atoms with Crippen molar-refractivity contribution in [3.8, 4) is 11.4 Å². The van der Waals surface area contributed by atoms with E-state index in [0.29, 0.717) is 0 Å². The number of nitrogens with zero attached hydrogens (tertiary/aromatic N) is 7. The highest BCUT2D eigenvalue weighted by Crippen LogP contribution is 2.45. The Bertz CT molecular complexity index is 1390. The van der Waals surface area contributed by atoms with E-state index in [4.69, 9.17) is 4.98 Å². The van der Waals surface area contributed by atoms with Gasteiger partial charge in [0, 0.05) is 38.1 Å². The van der Waals surface area contributed by atoms with Crippen LogP contribution in [0.1, 0.15) is 31.0 Å². The number of benzene rings is 1. The summed E-state index contributed by atoms with van der Waals surface area (Å²) in [6.45, 7) is 6.35. The summed E-state index contributed by atoms with van der Waals surface area (Å²) in [5, 5.41) is 7.47. The number of carbonyl (C=O) groups is 1. The quantitative estimate of drug-likeness (QED) is 0.524. The van der Waals surface area contributed by atoms with Gasteiger partial charge < -0.3 is 14.8 Å². The highest BCUT2D eigenvalue weighted by atomic mass is 16.2. The molecule has 0 bridgehead atoms. The summed E-state index contributed by atoms with van der Waals surface area (Å²) in [7, 11) is 1.93. The molecule has 1 fully saturated rings. The molecule has 4 aromatic rings. The number of fused-ring (bicyclic) bond motifs is 3. The average Bonchev–Trinajstić information content (AvgIpc) is 3.46. The first kappa shape index (κ1) is 19.9. The fraction of sp³-hybridized carbons (Fsp3) is 0.375. The molecule has 6 rings (SSSR count). The molecule has 0 saturated carbocycles. The number of aromatic nitrogens is 6. The number of rotatable bonds is 3. The molecule has 2 aliphatic heterocycles. The van der Waals surface area contributed by atoms with Crippen LogP contribution in [0.15, 0.2) is 36.8 Å². The summed E-state index contributed by atoms with van der Waals surface area (Å²) < 4.78 is 3.98. The van der Waals surface area contributed by atoms with Gasteiger partial charge in [-0.3, -0.25) is 9.48 Å². The zero-order valence-corrected chi connectivity index (χ0v) is 19.0. The monoisotopic (exact) mass is 442 g/mol. The number of carbonyl (C=O) groups excluding carboxylic acids is 1. The van der Waals surface area contributed by atoms with Gasteiger partial charge in [-0.05, 0) is 38.3 Å². The Morgan fingerprint density at radius 1 is 1.15 bits per heavy atom. The van der Waals surface area contributed by atoms with Crippen molar-refractivity contribution < 1.29 is 4.79 Å². The Morgan fingerprint density at radius 2 is 1.94 bits per heavy atom. The van der Waals surface area contributed by atoms with Crippen LogP contribution in [0.2, 0.25) is 0 Å². The molecular weight excluding hydrogens is 416 g/mol. The lowest BCUT2D eigenvalue weighted by molar-refractivity contribution is -0.121. The molecule has 0 radical (unpaired) electrons. The minimum Gasteiger partial charge on any atom is -0.355 e. The highest BCUT2D eigenvalue weighted by molar-refractivity contribution is 6.06. The second-order valence-electron chi connectivity index (χ2n) is 8.89. The molecule has 9 heteroatoms. The molecule has 1 aromatic carbocycles. The first-order valence-electron chi connectivity index (χ1n) is 11.4. The lowest BCUT2D eigenvalue weighted by Gasteiger charge is -2.38. The van der Waals surface area contributed by atoms with Crippen LogP contribution in [0.25, 0.3) is 22.6 Å². The van der Waals surface area contributed by atoms with Crippen LogP contribution in [0.3, 0.4) is 0 Å². The standard InChI is InChI=1S/C24H26N8O/c1-4-32-20(16-13-27-30(3)15(16)2)29-19-21(25-14-26-22(19)32)31-11-9-24(10-12-31)17-7-5-6-8-18(17)28-23(24)33/h5-8,13-14H,4,9-12H2,1-3H3,(H,28,33). The van der Waals surface area contributed by atoms with Gasteiger partial charge in [-0.1, -0.05) is 18.2 Å². The summed E-state index contributed by atoms with van der Waals surface area (Å²) in [5.74, 6) is 1.80. The number of aryl methyl sites for hydroxylation is 2. The second kappa shape index (κ2) is 7.13. The topological polar surface area (TPSA) is 93.8 Å². The van der Waals surface area contributed by atoms with Gasteiger partial charge in [-0.2, -0.15) is 5.10 Å². The molecule has 5 heterocycles. The van der Waals surface area contributed by atoms with Crippen molar-refractivity contribution in [3.05, 3.63) is 48.0 Å². The third kappa shape index (κ3) is 2.74. The van der Waals surface area contributed by atoms with Crippen LogP contribution in [0, 0.1) is 6.92 Å². The highest BCUT2D eigenvalue weighted by Gasteiger charge is 2.48. The van der Waals surface area contributed by atoms with E-state index in [1.165, 1.54) is 0 Å². The van der Waals surface area contributed by atoms with Crippen molar-refractivity contribution in [1.29, 1.82) is 0 Å². The fourth-order valence-electron chi connectivity index (χ4n) is 5.35. The molecule has 3 aromatic heterocycles. The van der Waals surface area contributed by atoms with Crippen molar-refractivity contribution in [2.24, 2.45) is 7.05 Å². The van der Waals surface area contributed by atoms with E-state index >= 15 is 0 Å². The SMILES string of the molecule is CCn1c(-c2cnn(C)c2C)nc2c(N3CCC4(CC3)C(=O)Nc3ccccc34)ncnc21. The van der Waals surface area contributed by atoms with Crippen molar-refractivity contribution in [2.75, 3.05) is 23.3 Å². The van der Waals surface area contributed by atoms with Crippen molar-refractivity contribution in [1.82, 2.24) is 29.3 Å². The number of anilines is 2. The van der Waals surface area contributed by atoms with Crippen LogP contribution in [-0.2, 0) is 23.8 Å². The van der Waals surface area contributed by atoms with Gasteiger partial charge in [-0.25, -0.2) is 15.0 Å². The molecule has 33 heavy (non-hydrogen) atoms. The Hall–Kier alpha value is -3.75. The van der Waals surface area contributed by atoms with Crippen molar-refractivity contribution in [3.63, 3.8) is 0 Å². The Labute approximate surface area is 191 Å². The predicted octanol–water partition coefficient (Wildman–Crippen LogP) is 3.05. The maximum absolute atomic E-state index is 13.0. The number of hydrogen-bond donors (Lipinski definition) is 1. The first-order chi connectivity index (χ1) is 16.0. The third-order valence-electron chi connectivity index (χ3n) is 7.35. The van der Waals surface area contributed by atoms with Gasteiger partial charge >= 0.3 is 0 Å². The molecule has 1 saturated heterocycles. The number of para-hydroxylation sites is 1. The molecule has 0 aliphatic carbocycles. The van der Waals surface area contributed by atoms with E-state index in [2.05, 4.69) is 42.8 Å². The number of amides is 1. The smallest absolute Gasteiger partial charge is 0.235 e. The summed E-state index contributed by atoms with van der Waals surface area (Å²) in [4.78, 5) is 29.4. The molecule has 1 spiro atoms. The van der Waals surface area contributed by atoms with Gasteiger partial charge in [0.1, 0.15) is 12.2 Å². The van der Waals surface area contributed by atoms with Crippen molar-refractivity contribution in [2.45, 2.75) is 38.6 Å². The largest absolute Gasteiger partial charge is 0.355 e. The van der Waals surface area contributed by atoms with Gasteiger partial charge in [-0.15, -0.1) is 0 Å². The van der Waals surface area contributed by atoms with E-state index < -0.39 is 5.41 Å². The van der Waals surface area contributed by atoms with Gasteiger partial charge in [0.05, 0.1) is 17.2 Å². The number of imidazole rings is 1. The van der Waals surface area contributed by atoms with E-state index in [-0.39, 0.29) is 5.91 Å². The average molecular weight is 443 g/mol. The lowest BCUT2D eigenvalue weighted by atomic mass is 9.73. The minimum atomic E-state index is -0.458. The zero-order valence-electron chi connectivity index (χ0n) is 19.0. The Kier molecular flexibility index (Phi) is 4.30. The van der Waals surface area contributed by atoms with Gasteiger partial charge in [0.15, 0.2) is 17.0 Å². The molecule has 0 unspecified atom stereocenters. The summed E-state index contributed by atoms with van der Waals surface area (Å²) >= 11 is 0. The molecule has 0 atom stereocenters. The molecule has 2 aliphatic rings. The van der Waals surface area contributed by atoms with Gasteiger partial charge in [0.2, 0.25) is 5.91 Å². The van der Waals surface area contributed by atoms with Crippen LogP contribution in [0.5, 0.6) is 0 Å². The maximum Gasteiger partial charge on any atom is 0.235 e. The Balaban J connectivity index is 1.38. The normalized spacial score (nSPS) is 17.1. The van der Waals surface area contributed by atoms with E-state index in [1.807, 2.05) is 43.0 Å². The van der Waals surface area contributed by atoms with Crippen LogP contribution in [0.4, 0.5) is 11.5 Å². The fourth-order valence-corrected chi connectivity index (χ4v) is 5.35. The van der Waals surface area contributed by atoms with E-state index in [0.717, 1.165) is 77.8 Å². The number of piperidine rings is 1. The summed E-state index contributed by atoms with van der Waals surface area (Å²) in [5.41, 5.74) is 5.28. The third-order valence-corrected chi connectivity index (χ3v) is 7.35. The minimum absolute atomic E-state index is 0.112. The van der Waals surface area contributed by atoms with Crippen LogP contribution >= 0.6 is 0 Å². The maximum atomic E-state index is 13.0. The second-order valence-corrected chi connectivity index (χ2v) is 8.89. The number of hydrogen-bond acceptors (Lipinski definition) is 6. The summed E-state index contributed by atoms with van der Waals surface area (Å²) in [6.07, 6.45) is 4.96. The van der Waals surface area contributed by atoms with E-state index in [1.54, 1.807) is 6.33 Å². The Morgan fingerprint density at radius 3 is 2.67 bits per heavy atom. The first-order valence-corrected chi connectivity index (χ1v) is 11.4. The number of nitrogens with one attached hydrogen (secondary N) is 1. The predicted molar refractivity (Wildman–Crippen MR) is 126 cm³/mol. The van der Waals surface area contributed by atoms with Crippen LogP contribution in [-0.4, -0.2) is 48.3 Å². The molecule has 1 N–H and O–H groups in total. The lowest BCUT2D eigenvalue weighted by Crippen LogP contribution is -2.46. The molecule has 9 nitrogen and oxygen atoms in total. The van der Waals surface area contributed by atoms with E-state index in [9.17, 15) is 4.79 Å².